The third-order valence-corrected chi connectivity index (χ3v) is 4.00. The van der Waals surface area contributed by atoms with Gasteiger partial charge in [0.25, 0.3) is 11.6 Å². The highest BCUT2D eigenvalue weighted by Gasteiger charge is 2.08. The Morgan fingerprint density at radius 2 is 1.63 bits per heavy atom. The zero-order chi connectivity index (χ0) is 21.5. The number of nitro benzene ring substituents is 1. The predicted octanol–water partition coefficient (Wildman–Crippen LogP) is 4.64. The number of nitrogens with zero attached hydrogens (tertiary/aromatic N) is 1. The Bertz CT molecular complexity index is 1130. The zero-order valence-electron chi connectivity index (χ0n) is 15.5. The third kappa shape index (κ3) is 5.59. The lowest BCUT2D eigenvalue weighted by molar-refractivity contribution is -0.384. The number of halogens is 1. The van der Waals surface area contributed by atoms with Crippen LogP contribution >= 0.6 is 0 Å². The summed E-state index contributed by atoms with van der Waals surface area (Å²) >= 11 is 0. The first-order valence-corrected chi connectivity index (χ1v) is 8.81. The number of non-ortho nitro benzene ring substituents is 1. The van der Waals surface area contributed by atoms with Gasteiger partial charge >= 0.3 is 0 Å². The van der Waals surface area contributed by atoms with Crippen molar-refractivity contribution in [3.05, 3.63) is 106 Å². The van der Waals surface area contributed by atoms with Crippen LogP contribution < -0.4 is 10.6 Å². The molecule has 0 atom stereocenters. The summed E-state index contributed by atoms with van der Waals surface area (Å²) in [7, 11) is 0. The van der Waals surface area contributed by atoms with Gasteiger partial charge in [0, 0.05) is 35.1 Å². The maximum Gasteiger partial charge on any atom is 0.270 e. The minimum Gasteiger partial charge on any atom is -0.322 e. The average molecular weight is 405 g/mol. The van der Waals surface area contributed by atoms with Gasteiger partial charge in [0.05, 0.1) is 4.92 Å². The van der Waals surface area contributed by atoms with E-state index in [0.29, 0.717) is 22.5 Å². The van der Waals surface area contributed by atoms with E-state index in [1.165, 1.54) is 60.7 Å². The number of amides is 2. The van der Waals surface area contributed by atoms with Crippen molar-refractivity contribution < 1.29 is 18.9 Å². The summed E-state index contributed by atoms with van der Waals surface area (Å²) in [4.78, 5) is 34.8. The van der Waals surface area contributed by atoms with Crippen LogP contribution in [0.25, 0.3) is 6.08 Å². The molecule has 3 aromatic carbocycles. The van der Waals surface area contributed by atoms with Crippen molar-refractivity contribution in [2.45, 2.75) is 0 Å². The molecule has 2 amide bonds. The Morgan fingerprint density at radius 1 is 0.900 bits per heavy atom. The van der Waals surface area contributed by atoms with Gasteiger partial charge in [0.2, 0.25) is 5.91 Å². The van der Waals surface area contributed by atoms with Crippen LogP contribution in [0.1, 0.15) is 15.9 Å². The van der Waals surface area contributed by atoms with Crippen LogP contribution in [0.4, 0.5) is 21.5 Å². The van der Waals surface area contributed by atoms with Gasteiger partial charge in [-0.15, -0.1) is 0 Å². The lowest BCUT2D eigenvalue weighted by Crippen LogP contribution is -2.13. The first kappa shape index (κ1) is 20.4. The smallest absolute Gasteiger partial charge is 0.270 e. The number of nitro groups is 1. The van der Waals surface area contributed by atoms with Crippen LogP contribution in [0.15, 0.2) is 78.9 Å². The SMILES string of the molecule is O=C(/C=C/c1cccc([N+](=O)[O-])c1)Nc1cccc(C(=O)Nc2ccc(F)cc2)c1. The minimum atomic E-state index is -0.514. The Balaban J connectivity index is 1.65. The molecule has 0 aliphatic heterocycles. The van der Waals surface area contributed by atoms with Gasteiger partial charge in [0.1, 0.15) is 5.82 Å². The second-order valence-corrected chi connectivity index (χ2v) is 6.22. The van der Waals surface area contributed by atoms with E-state index in [9.17, 15) is 24.1 Å². The van der Waals surface area contributed by atoms with Crippen molar-refractivity contribution >= 4 is 35.0 Å². The van der Waals surface area contributed by atoms with Gasteiger partial charge in [-0.1, -0.05) is 18.2 Å². The summed E-state index contributed by atoms with van der Waals surface area (Å²) < 4.78 is 13.0. The van der Waals surface area contributed by atoms with Crippen LogP contribution in [0.5, 0.6) is 0 Å². The van der Waals surface area contributed by atoms with Gasteiger partial charge in [-0.2, -0.15) is 0 Å². The van der Waals surface area contributed by atoms with Crippen LogP contribution in [0.2, 0.25) is 0 Å². The van der Waals surface area contributed by atoms with Crippen molar-refractivity contribution in [3.8, 4) is 0 Å². The standard InChI is InChI=1S/C22H16FN3O4/c23-17-8-10-18(11-9-17)25-22(28)16-4-2-5-19(14-16)24-21(27)12-7-15-3-1-6-20(13-15)26(29)30/h1-14H,(H,24,27)(H,25,28)/b12-7+. The average Bonchev–Trinajstić information content (AvgIpc) is 2.74. The number of rotatable bonds is 6. The molecule has 0 aromatic heterocycles. The Kier molecular flexibility index (Phi) is 6.29. The largest absolute Gasteiger partial charge is 0.322 e. The highest BCUT2D eigenvalue weighted by Crippen LogP contribution is 2.16. The fourth-order valence-corrected chi connectivity index (χ4v) is 2.57. The maximum absolute atomic E-state index is 13.0. The monoisotopic (exact) mass is 405 g/mol. The molecule has 0 unspecified atom stereocenters. The molecule has 0 saturated carbocycles. The van der Waals surface area contributed by atoms with E-state index >= 15 is 0 Å². The molecular weight excluding hydrogens is 389 g/mol. The normalized spacial score (nSPS) is 10.6. The summed E-state index contributed by atoms with van der Waals surface area (Å²) in [6.45, 7) is 0. The number of hydrogen-bond acceptors (Lipinski definition) is 4. The van der Waals surface area contributed by atoms with E-state index in [4.69, 9.17) is 0 Å². The molecule has 0 aliphatic carbocycles. The molecule has 0 radical (unpaired) electrons. The lowest BCUT2D eigenvalue weighted by Gasteiger charge is -2.07. The molecule has 0 bridgehead atoms. The van der Waals surface area contributed by atoms with Gasteiger partial charge in [-0.3, -0.25) is 19.7 Å². The Morgan fingerprint density at radius 3 is 2.37 bits per heavy atom. The number of benzene rings is 3. The maximum atomic E-state index is 13.0. The van der Waals surface area contributed by atoms with Crippen LogP contribution in [0.3, 0.4) is 0 Å². The highest BCUT2D eigenvalue weighted by atomic mass is 19.1. The molecule has 7 nitrogen and oxygen atoms in total. The molecule has 8 heteroatoms. The van der Waals surface area contributed by atoms with E-state index in [1.54, 1.807) is 24.3 Å². The molecule has 30 heavy (non-hydrogen) atoms. The number of hydrogen-bond donors (Lipinski definition) is 2. The van der Waals surface area contributed by atoms with Crippen molar-refractivity contribution in [1.29, 1.82) is 0 Å². The molecule has 150 valence electrons. The first-order chi connectivity index (χ1) is 14.4. The van der Waals surface area contributed by atoms with Crippen molar-refractivity contribution in [2.75, 3.05) is 10.6 Å². The fraction of sp³-hybridized carbons (Fsp3) is 0. The molecule has 0 fully saturated rings. The number of carbonyl (C=O) groups is 2. The van der Waals surface area contributed by atoms with Gasteiger partial charge in [-0.05, 0) is 54.1 Å². The van der Waals surface area contributed by atoms with Crippen LogP contribution in [-0.4, -0.2) is 16.7 Å². The van der Waals surface area contributed by atoms with Gasteiger partial charge in [-0.25, -0.2) is 4.39 Å². The molecule has 0 aliphatic rings. The quantitative estimate of drug-likeness (QED) is 0.354. The summed E-state index contributed by atoms with van der Waals surface area (Å²) in [5.74, 6) is -1.28. The fourth-order valence-electron chi connectivity index (χ4n) is 2.57. The summed E-state index contributed by atoms with van der Waals surface area (Å²) in [5.41, 5.74) is 1.58. The second-order valence-electron chi connectivity index (χ2n) is 6.22. The van der Waals surface area contributed by atoms with Crippen LogP contribution in [-0.2, 0) is 4.79 Å². The predicted molar refractivity (Wildman–Crippen MR) is 112 cm³/mol. The Labute approximate surface area is 171 Å². The van der Waals surface area contributed by atoms with E-state index in [-0.39, 0.29) is 5.69 Å². The zero-order valence-corrected chi connectivity index (χ0v) is 15.5. The van der Waals surface area contributed by atoms with Crippen molar-refractivity contribution in [3.63, 3.8) is 0 Å². The summed E-state index contributed by atoms with van der Waals surface area (Å²) in [6, 6.07) is 17.5. The molecule has 0 saturated heterocycles. The van der Waals surface area contributed by atoms with E-state index in [1.807, 2.05) is 0 Å². The number of nitrogens with one attached hydrogen (secondary N) is 2. The topological polar surface area (TPSA) is 101 Å². The summed E-state index contributed by atoms with van der Waals surface area (Å²) in [5, 5.41) is 16.1. The van der Waals surface area contributed by atoms with Crippen LogP contribution in [0, 0.1) is 15.9 Å². The highest BCUT2D eigenvalue weighted by molar-refractivity contribution is 6.06. The first-order valence-electron chi connectivity index (χ1n) is 8.81. The van der Waals surface area contributed by atoms with E-state index in [0.717, 1.165) is 0 Å². The molecule has 0 spiro atoms. The van der Waals surface area contributed by atoms with E-state index in [2.05, 4.69) is 10.6 Å². The number of anilines is 2. The van der Waals surface area contributed by atoms with Crippen molar-refractivity contribution in [2.24, 2.45) is 0 Å². The molecule has 3 aromatic rings. The van der Waals surface area contributed by atoms with Crippen molar-refractivity contribution in [1.82, 2.24) is 0 Å². The van der Waals surface area contributed by atoms with Gasteiger partial charge in [0.15, 0.2) is 0 Å². The minimum absolute atomic E-state index is 0.0718. The molecule has 0 heterocycles. The molecular formula is C22H16FN3O4. The number of carbonyl (C=O) groups excluding carboxylic acids is 2. The second kappa shape index (κ2) is 9.24. The third-order valence-electron chi connectivity index (χ3n) is 4.00. The molecule has 3 rings (SSSR count). The van der Waals surface area contributed by atoms with Gasteiger partial charge < -0.3 is 10.6 Å². The molecule has 2 N–H and O–H groups in total. The lowest BCUT2D eigenvalue weighted by atomic mass is 10.1. The van der Waals surface area contributed by atoms with E-state index < -0.39 is 22.6 Å². The summed E-state index contributed by atoms with van der Waals surface area (Å²) in [6.07, 6.45) is 2.69. The Hall–Kier alpha value is -4.33.